The molecule has 0 saturated heterocycles. The summed E-state index contributed by atoms with van der Waals surface area (Å²) in [5, 5.41) is 0. The Morgan fingerprint density at radius 1 is 1.20 bits per heavy atom. The second-order valence-electron chi connectivity index (χ2n) is 4.12. The van der Waals surface area contributed by atoms with E-state index in [2.05, 4.69) is 0 Å². The molecule has 0 aliphatic heterocycles. The van der Waals surface area contributed by atoms with Crippen molar-refractivity contribution >= 4 is 0 Å². The quantitative estimate of drug-likeness (QED) is 0.636. The molecule has 1 unspecified atom stereocenters. The summed E-state index contributed by atoms with van der Waals surface area (Å²) in [7, 11) is 6.15. The molecule has 0 aromatic carbocycles. The summed E-state index contributed by atoms with van der Waals surface area (Å²) in [5.74, 6) is -2.92. The first-order valence-electron chi connectivity index (χ1n) is 5.00. The number of hydrogen-bond donors (Lipinski definition) is 0. The van der Waals surface area contributed by atoms with E-state index in [0.29, 0.717) is 6.54 Å². The molecule has 1 atom stereocenters. The highest BCUT2D eigenvalue weighted by atomic mass is 19.3. The molecular weight excluding hydrogens is 202 g/mol. The predicted molar refractivity (Wildman–Crippen MR) is 57.2 cm³/mol. The molecule has 15 heavy (non-hydrogen) atoms. The molecule has 0 fully saturated rings. The first-order chi connectivity index (χ1) is 6.71. The first-order valence-corrected chi connectivity index (χ1v) is 5.00. The van der Waals surface area contributed by atoms with E-state index >= 15 is 0 Å². The zero-order chi connectivity index (χ0) is 12.3. The van der Waals surface area contributed by atoms with Crippen molar-refractivity contribution in [3.05, 3.63) is 0 Å². The normalized spacial score (nSPS) is 17.2. The summed E-state index contributed by atoms with van der Waals surface area (Å²) in [6, 6.07) is 0. The zero-order valence-corrected chi connectivity index (χ0v) is 10.5. The summed E-state index contributed by atoms with van der Waals surface area (Å²) in [6.45, 7) is 3.52. The van der Waals surface area contributed by atoms with Gasteiger partial charge in [-0.1, -0.05) is 6.92 Å². The van der Waals surface area contributed by atoms with Crippen LogP contribution in [0.2, 0.25) is 0 Å². The van der Waals surface area contributed by atoms with Crippen LogP contribution < -0.4 is 0 Å². The van der Waals surface area contributed by atoms with Crippen LogP contribution in [0, 0.1) is 0 Å². The Bertz CT molecular complexity index is 200. The van der Waals surface area contributed by atoms with Gasteiger partial charge in [0.05, 0.1) is 6.54 Å². The van der Waals surface area contributed by atoms with Gasteiger partial charge < -0.3 is 9.64 Å². The van der Waals surface area contributed by atoms with Crippen LogP contribution in [0.15, 0.2) is 0 Å². The smallest absolute Gasteiger partial charge is 0.301 e. The van der Waals surface area contributed by atoms with E-state index in [0.717, 1.165) is 0 Å². The summed E-state index contributed by atoms with van der Waals surface area (Å²) in [5.41, 5.74) is -1.57. The number of hydrogen-bond acceptors (Lipinski definition) is 3. The molecule has 0 aromatic heterocycles. The Morgan fingerprint density at radius 3 is 1.93 bits per heavy atom. The third-order valence-electron chi connectivity index (χ3n) is 2.94. The van der Waals surface area contributed by atoms with E-state index in [4.69, 9.17) is 4.74 Å². The minimum absolute atomic E-state index is 0.313. The molecule has 0 aliphatic carbocycles. The van der Waals surface area contributed by atoms with Crippen molar-refractivity contribution in [3.8, 4) is 0 Å². The summed E-state index contributed by atoms with van der Waals surface area (Å²) in [6.07, 6.45) is 0. The van der Waals surface area contributed by atoms with Crippen LogP contribution in [-0.4, -0.2) is 62.8 Å². The number of rotatable bonds is 6. The monoisotopic (exact) mass is 224 g/mol. The maximum absolute atomic E-state index is 14.0. The van der Waals surface area contributed by atoms with Gasteiger partial charge in [-0.05, 0) is 34.6 Å². The second kappa shape index (κ2) is 5.18. The number of nitrogens with zero attached hydrogens (tertiary/aromatic N) is 2. The van der Waals surface area contributed by atoms with Crippen molar-refractivity contribution in [2.75, 3.05) is 41.3 Å². The highest BCUT2D eigenvalue weighted by Gasteiger charge is 2.52. The molecule has 0 N–H and O–H groups in total. The van der Waals surface area contributed by atoms with E-state index in [1.807, 2.05) is 6.92 Å². The lowest BCUT2D eigenvalue weighted by atomic mass is 10.1. The van der Waals surface area contributed by atoms with Gasteiger partial charge in [0.15, 0.2) is 5.72 Å². The molecule has 3 nitrogen and oxygen atoms in total. The molecule has 0 aromatic rings. The fourth-order valence-corrected chi connectivity index (χ4v) is 1.26. The van der Waals surface area contributed by atoms with Crippen molar-refractivity contribution in [1.29, 1.82) is 0 Å². The Balaban J connectivity index is 4.80. The van der Waals surface area contributed by atoms with E-state index < -0.39 is 11.6 Å². The van der Waals surface area contributed by atoms with Crippen LogP contribution in [0.5, 0.6) is 0 Å². The second-order valence-corrected chi connectivity index (χ2v) is 4.12. The summed E-state index contributed by atoms with van der Waals surface area (Å²) in [4.78, 5) is 2.97. The van der Waals surface area contributed by atoms with E-state index in [1.54, 1.807) is 26.0 Å². The number of methoxy groups -OCH3 is 1. The van der Waals surface area contributed by atoms with Gasteiger partial charge in [-0.3, -0.25) is 4.90 Å². The minimum Gasteiger partial charge on any atom is -0.357 e. The van der Waals surface area contributed by atoms with Gasteiger partial charge in [0.25, 0.3) is 0 Å². The van der Waals surface area contributed by atoms with E-state index in [9.17, 15) is 8.78 Å². The summed E-state index contributed by atoms with van der Waals surface area (Å²) < 4.78 is 32.9. The molecule has 0 spiro atoms. The average Bonchev–Trinajstić information content (AvgIpc) is 2.14. The van der Waals surface area contributed by atoms with Crippen molar-refractivity contribution in [2.45, 2.75) is 25.5 Å². The van der Waals surface area contributed by atoms with Crippen molar-refractivity contribution in [2.24, 2.45) is 0 Å². The van der Waals surface area contributed by atoms with Crippen LogP contribution >= 0.6 is 0 Å². The molecule has 0 aliphatic rings. The van der Waals surface area contributed by atoms with Crippen LogP contribution in [0.25, 0.3) is 0 Å². The highest BCUT2D eigenvalue weighted by molar-refractivity contribution is 4.90. The largest absolute Gasteiger partial charge is 0.357 e. The third-order valence-corrected chi connectivity index (χ3v) is 2.94. The van der Waals surface area contributed by atoms with Crippen molar-refractivity contribution < 1.29 is 13.5 Å². The molecular formula is C10H22F2N2O. The molecule has 5 heteroatoms. The molecule has 0 heterocycles. The molecule has 0 bridgehead atoms. The standard InChI is InChI=1S/C10H22F2N2O/c1-7-14(5)8-10(11,12)9(2,15-6)13(3)4/h7-8H2,1-6H3. The van der Waals surface area contributed by atoms with Gasteiger partial charge in [0.2, 0.25) is 0 Å². The van der Waals surface area contributed by atoms with Crippen LogP contribution in [-0.2, 0) is 4.74 Å². The third kappa shape index (κ3) is 3.09. The average molecular weight is 224 g/mol. The molecule has 0 rings (SSSR count). The Morgan fingerprint density at radius 2 is 1.67 bits per heavy atom. The van der Waals surface area contributed by atoms with Crippen molar-refractivity contribution in [3.63, 3.8) is 0 Å². The van der Waals surface area contributed by atoms with Crippen LogP contribution in [0.4, 0.5) is 8.78 Å². The maximum atomic E-state index is 14.0. The molecule has 92 valence electrons. The summed E-state index contributed by atoms with van der Waals surface area (Å²) >= 11 is 0. The lowest BCUT2D eigenvalue weighted by molar-refractivity contribution is -0.252. The Kier molecular flexibility index (Phi) is 5.09. The zero-order valence-electron chi connectivity index (χ0n) is 10.5. The fourth-order valence-electron chi connectivity index (χ4n) is 1.26. The van der Waals surface area contributed by atoms with Crippen LogP contribution in [0.1, 0.15) is 13.8 Å². The number of ether oxygens (including phenoxy) is 1. The van der Waals surface area contributed by atoms with Gasteiger partial charge in [-0.25, -0.2) is 8.78 Å². The SMILES string of the molecule is CCN(C)CC(F)(F)C(C)(OC)N(C)C. The van der Waals surface area contributed by atoms with Gasteiger partial charge in [0, 0.05) is 7.11 Å². The van der Waals surface area contributed by atoms with E-state index in [-0.39, 0.29) is 6.54 Å². The van der Waals surface area contributed by atoms with E-state index in [1.165, 1.54) is 18.9 Å². The Labute approximate surface area is 91.0 Å². The highest BCUT2D eigenvalue weighted by Crippen LogP contribution is 2.33. The Hall–Kier alpha value is -0.260. The topological polar surface area (TPSA) is 15.7 Å². The lowest BCUT2D eigenvalue weighted by Crippen LogP contribution is -2.60. The van der Waals surface area contributed by atoms with Gasteiger partial charge in [0.1, 0.15) is 0 Å². The molecule has 0 amide bonds. The fraction of sp³-hybridized carbons (Fsp3) is 1.00. The number of alkyl halides is 2. The van der Waals surface area contributed by atoms with Crippen molar-refractivity contribution in [1.82, 2.24) is 9.80 Å². The lowest BCUT2D eigenvalue weighted by Gasteiger charge is -2.42. The maximum Gasteiger partial charge on any atom is 0.301 e. The molecule has 0 radical (unpaired) electrons. The first kappa shape index (κ1) is 14.7. The van der Waals surface area contributed by atoms with Crippen LogP contribution in [0.3, 0.4) is 0 Å². The van der Waals surface area contributed by atoms with Gasteiger partial charge in [-0.15, -0.1) is 0 Å². The van der Waals surface area contributed by atoms with Gasteiger partial charge >= 0.3 is 5.92 Å². The number of halogens is 2. The molecule has 0 saturated carbocycles. The van der Waals surface area contributed by atoms with Gasteiger partial charge in [-0.2, -0.15) is 0 Å². The predicted octanol–water partition coefficient (Wildman–Crippen LogP) is 1.50. The minimum atomic E-state index is -2.92.